The predicted octanol–water partition coefficient (Wildman–Crippen LogP) is 6.53. The number of carbonyl (C=O) groups is 1. The largest absolute Gasteiger partial charge is 0.365 e. The van der Waals surface area contributed by atoms with Gasteiger partial charge in [-0.1, -0.05) is 19.4 Å². The van der Waals surface area contributed by atoms with Crippen molar-refractivity contribution in [3.05, 3.63) is 53.5 Å². The number of amides is 1. The number of fused-ring (bicyclic) bond motifs is 1. The van der Waals surface area contributed by atoms with Crippen LogP contribution in [0.5, 0.6) is 0 Å². The summed E-state index contributed by atoms with van der Waals surface area (Å²) in [6, 6.07) is 4.09. The zero-order valence-corrected chi connectivity index (χ0v) is 22.7. The van der Waals surface area contributed by atoms with Crippen molar-refractivity contribution < 1.29 is 29.0 Å². The Labute approximate surface area is 228 Å². The summed E-state index contributed by atoms with van der Waals surface area (Å²) >= 11 is 0. The Bertz CT molecular complexity index is 1300. The molecule has 0 bridgehead atoms. The number of ether oxygens (including phenoxy) is 1. The van der Waals surface area contributed by atoms with E-state index in [9.17, 15) is 24.2 Å². The second-order valence-corrected chi connectivity index (χ2v) is 11.8. The summed E-state index contributed by atoms with van der Waals surface area (Å²) in [5.41, 5.74) is 2.39. The van der Waals surface area contributed by atoms with E-state index in [-0.39, 0.29) is 60.6 Å². The number of aromatic amines is 1. The minimum atomic E-state index is -9.77. The minimum absolute atomic E-state index is 0. The van der Waals surface area contributed by atoms with Gasteiger partial charge in [-0.25, -0.2) is 9.97 Å². The van der Waals surface area contributed by atoms with Crippen LogP contribution in [-0.2, 0) is 4.74 Å². The highest BCUT2D eigenvalue weighted by atomic mass is 35.5. The summed E-state index contributed by atoms with van der Waals surface area (Å²) in [6.45, 7) is 4.16. The number of likely N-dealkylation sites (tertiary alicyclic amines) is 1. The van der Waals surface area contributed by atoms with Crippen molar-refractivity contribution in [2.75, 3.05) is 26.2 Å². The zero-order chi connectivity index (χ0) is 25.8. The third kappa shape index (κ3) is 6.33. The molecule has 7 nitrogen and oxygen atoms in total. The molecule has 2 aliphatic heterocycles. The molecule has 2 N–H and O–H groups in total. The van der Waals surface area contributed by atoms with Crippen molar-refractivity contribution in [2.45, 2.75) is 42.8 Å². The quantitative estimate of drug-likeness (QED) is 0.331. The second-order valence-electron chi connectivity index (χ2n) is 9.37. The molecular formula is C23H28Cl2F5N5O2S. The highest BCUT2D eigenvalue weighted by Crippen LogP contribution is 3.02. The number of imidazole rings is 1. The van der Waals surface area contributed by atoms with Crippen LogP contribution in [0.1, 0.15) is 53.5 Å². The van der Waals surface area contributed by atoms with Crippen LogP contribution >= 0.6 is 35.0 Å². The van der Waals surface area contributed by atoms with E-state index in [4.69, 9.17) is 4.74 Å². The molecule has 0 unspecified atom stereocenters. The Morgan fingerprint density at radius 2 is 1.68 bits per heavy atom. The van der Waals surface area contributed by atoms with Crippen LogP contribution in [0.25, 0.3) is 11.2 Å². The van der Waals surface area contributed by atoms with Gasteiger partial charge < -0.3 is 19.9 Å². The lowest BCUT2D eigenvalue weighted by Crippen LogP contribution is -2.39. The normalized spacial score (nSPS) is 22.6. The Hall–Kier alpha value is -2.19. The molecule has 0 radical (unpaired) electrons. The molecule has 212 valence electrons. The number of H-pyrrole nitrogens is 1. The Morgan fingerprint density at radius 1 is 1.03 bits per heavy atom. The van der Waals surface area contributed by atoms with E-state index in [1.54, 1.807) is 6.20 Å². The van der Waals surface area contributed by atoms with Crippen LogP contribution in [0.4, 0.5) is 19.4 Å². The fourth-order valence-corrected chi connectivity index (χ4v) is 5.48. The number of nitrogens with zero attached hydrogens (tertiary/aromatic N) is 3. The standard InChI is InChI=1S/C23H26F5N5O2S.2ClH/c1-14-12-29-13-19(35-14)21-31-20-18(6-9-30-22(20)32-21)15-7-10-33(11-8-15)23(34)16-2-4-17(5-3-16)36(24,25,26,27)28;;/h2-6,9,14-15,19,29H,7-8,10-13H2,1H3,(H,30,31,32);2*1H/t14-,19-;;/m1../s1. The maximum Gasteiger partial charge on any atom is 0.310 e. The summed E-state index contributed by atoms with van der Waals surface area (Å²) in [5.74, 6) is 0.334. The molecule has 5 rings (SSSR count). The monoisotopic (exact) mass is 603 g/mol. The highest BCUT2D eigenvalue weighted by Gasteiger charge is 2.65. The van der Waals surface area contributed by atoms with Crippen LogP contribution < -0.4 is 5.32 Å². The fraction of sp³-hybridized carbons (Fsp3) is 0.435. The van der Waals surface area contributed by atoms with Crippen molar-refractivity contribution in [3.8, 4) is 0 Å². The number of pyridine rings is 1. The molecule has 1 amide bonds. The maximum atomic E-state index is 13.0. The molecule has 2 aromatic heterocycles. The first-order valence-corrected chi connectivity index (χ1v) is 13.6. The lowest BCUT2D eigenvalue weighted by molar-refractivity contribution is -0.0326. The number of morpholine rings is 1. The molecule has 3 aromatic rings. The first-order chi connectivity index (χ1) is 16.8. The number of halogens is 7. The van der Waals surface area contributed by atoms with Gasteiger partial charge >= 0.3 is 10.2 Å². The number of rotatable bonds is 4. The van der Waals surface area contributed by atoms with Crippen LogP contribution in [-0.4, -0.2) is 58.0 Å². The molecule has 1 aromatic carbocycles. The van der Waals surface area contributed by atoms with Gasteiger partial charge in [0.1, 0.15) is 16.8 Å². The van der Waals surface area contributed by atoms with E-state index < -0.39 is 21.0 Å². The van der Waals surface area contributed by atoms with Gasteiger partial charge in [0.05, 0.1) is 11.6 Å². The number of aromatic nitrogens is 3. The van der Waals surface area contributed by atoms with Gasteiger partial charge in [-0.15, -0.1) is 24.8 Å². The van der Waals surface area contributed by atoms with Crippen molar-refractivity contribution in [2.24, 2.45) is 0 Å². The fourth-order valence-electron chi connectivity index (χ4n) is 4.83. The Morgan fingerprint density at radius 3 is 2.29 bits per heavy atom. The number of carbonyl (C=O) groups excluding carboxylic acids is 1. The number of hydrogen-bond donors (Lipinski definition) is 2. The molecule has 4 heterocycles. The molecule has 0 saturated carbocycles. The molecule has 0 spiro atoms. The molecule has 2 aliphatic rings. The van der Waals surface area contributed by atoms with Gasteiger partial charge in [0, 0.05) is 37.9 Å². The number of benzene rings is 1. The van der Waals surface area contributed by atoms with Crippen LogP contribution in [0.2, 0.25) is 0 Å². The summed E-state index contributed by atoms with van der Waals surface area (Å²) in [4.78, 5) is 24.7. The van der Waals surface area contributed by atoms with Crippen LogP contribution in [0, 0.1) is 0 Å². The van der Waals surface area contributed by atoms with E-state index in [0.717, 1.165) is 29.8 Å². The first kappa shape index (κ1) is 30.4. The molecule has 2 saturated heterocycles. The highest BCUT2D eigenvalue weighted by molar-refractivity contribution is 8.45. The van der Waals surface area contributed by atoms with Gasteiger partial charge in [0.15, 0.2) is 5.65 Å². The SMILES string of the molecule is C[C@@H]1CNC[C@H](c2nc3nccc(C4CCN(C(=O)c5ccc(S(F)(F)(F)(F)F)cc5)CC4)c3[nH]2)O1.Cl.Cl. The van der Waals surface area contributed by atoms with E-state index in [1.807, 2.05) is 13.0 Å². The Kier molecular flexibility index (Phi) is 8.06. The van der Waals surface area contributed by atoms with E-state index in [0.29, 0.717) is 43.9 Å². The third-order valence-electron chi connectivity index (χ3n) is 6.67. The number of piperidine rings is 1. The van der Waals surface area contributed by atoms with E-state index >= 15 is 0 Å². The summed E-state index contributed by atoms with van der Waals surface area (Å²) in [7, 11) is -9.77. The Balaban J connectivity index is 0.00000200. The lowest BCUT2D eigenvalue weighted by atomic mass is 9.89. The molecular weight excluding hydrogens is 576 g/mol. The van der Waals surface area contributed by atoms with Gasteiger partial charge in [-0.3, -0.25) is 4.79 Å². The van der Waals surface area contributed by atoms with Gasteiger partial charge in [0.2, 0.25) is 0 Å². The zero-order valence-electron chi connectivity index (χ0n) is 20.2. The number of hydrogen-bond acceptors (Lipinski definition) is 5. The van der Waals surface area contributed by atoms with E-state index in [1.165, 1.54) is 4.90 Å². The summed E-state index contributed by atoms with van der Waals surface area (Å²) < 4.78 is 70.8. The summed E-state index contributed by atoms with van der Waals surface area (Å²) in [6.07, 6.45) is 2.81. The van der Waals surface area contributed by atoms with Gasteiger partial charge in [0.25, 0.3) is 5.91 Å². The first-order valence-electron chi connectivity index (χ1n) is 11.6. The molecule has 15 heteroatoms. The smallest absolute Gasteiger partial charge is 0.310 e. The van der Waals surface area contributed by atoms with Gasteiger partial charge in [-0.05, 0) is 61.6 Å². The van der Waals surface area contributed by atoms with Crippen LogP contribution in [0.3, 0.4) is 0 Å². The molecule has 2 atom stereocenters. The summed E-state index contributed by atoms with van der Waals surface area (Å²) in [5, 5.41) is 3.31. The maximum absolute atomic E-state index is 13.0. The van der Waals surface area contributed by atoms with Crippen molar-refractivity contribution >= 4 is 52.1 Å². The number of nitrogens with one attached hydrogen (secondary N) is 2. The minimum Gasteiger partial charge on any atom is -0.365 e. The second kappa shape index (κ2) is 10.1. The third-order valence-corrected chi connectivity index (χ3v) is 7.84. The van der Waals surface area contributed by atoms with Gasteiger partial charge in [-0.2, -0.15) is 0 Å². The van der Waals surface area contributed by atoms with Crippen molar-refractivity contribution in [1.29, 1.82) is 0 Å². The van der Waals surface area contributed by atoms with Crippen LogP contribution in [0.15, 0.2) is 41.4 Å². The molecule has 0 aliphatic carbocycles. The van der Waals surface area contributed by atoms with E-state index in [2.05, 4.69) is 20.3 Å². The topological polar surface area (TPSA) is 83.1 Å². The average molecular weight is 604 g/mol. The van der Waals surface area contributed by atoms with Crippen molar-refractivity contribution in [3.63, 3.8) is 0 Å². The lowest BCUT2D eigenvalue weighted by Gasteiger charge is -2.40. The predicted molar refractivity (Wildman–Crippen MR) is 140 cm³/mol. The molecule has 2 fully saturated rings. The molecule has 38 heavy (non-hydrogen) atoms. The average Bonchev–Trinajstić information content (AvgIpc) is 3.27. The van der Waals surface area contributed by atoms with Crippen molar-refractivity contribution in [1.82, 2.24) is 25.2 Å².